The van der Waals surface area contributed by atoms with E-state index in [2.05, 4.69) is 0 Å². The molecule has 0 radical (unpaired) electrons. The van der Waals surface area contributed by atoms with Crippen molar-refractivity contribution >= 4 is 14.7 Å². The second-order valence-electron chi connectivity index (χ2n) is 4.15. The van der Waals surface area contributed by atoms with Crippen molar-refractivity contribution in [1.82, 2.24) is 0 Å². The fourth-order valence-electron chi connectivity index (χ4n) is 1.64. The van der Waals surface area contributed by atoms with Gasteiger partial charge in [0.05, 0.1) is 0 Å². The maximum absolute atomic E-state index is 10.7. The van der Waals surface area contributed by atoms with Crippen LogP contribution in [-0.4, -0.2) is 17.7 Å². The molecular formula is C11H19NO4P+. The number of carbonyl (C=O) groups is 1. The van der Waals surface area contributed by atoms with E-state index in [1.54, 1.807) is 0 Å². The van der Waals surface area contributed by atoms with Gasteiger partial charge in [0.1, 0.15) is 11.7 Å². The highest BCUT2D eigenvalue weighted by Gasteiger charge is 2.30. The van der Waals surface area contributed by atoms with Crippen molar-refractivity contribution in [2.45, 2.75) is 58.2 Å². The van der Waals surface area contributed by atoms with Gasteiger partial charge in [0.25, 0.3) is 0 Å². The van der Waals surface area contributed by atoms with Crippen LogP contribution in [0, 0.1) is 11.3 Å². The Kier molecular flexibility index (Phi) is 7.69. The molecule has 0 heterocycles. The van der Waals surface area contributed by atoms with Crippen molar-refractivity contribution in [1.29, 1.82) is 5.26 Å². The summed E-state index contributed by atoms with van der Waals surface area (Å²) in [6.45, 7) is 5.12. The van der Waals surface area contributed by atoms with Gasteiger partial charge in [-0.2, -0.15) is 5.26 Å². The highest BCUT2D eigenvalue weighted by atomic mass is 31.1. The lowest BCUT2D eigenvalue weighted by Gasteiger charge is -2.22. The van der Waals surface area contributed by atoms with Crippen LogP contribution < -0.4 is 0 Å². The van der Waals surface area contributed by atoms with Gasteiger partial charge in [-0.1, -0.05) is 13.3 Å². The second kappa shape index (κ2) is 8.16. The Morgan fingerprint density at radius 2 is 2.18 bits per heavy atom. The molecule has 0 aliphatic rings. The summed E-state index contributed by atoms with van der Waals surface area (Å²) in [5, 5.41) is 8.80. The Morgan fingerprint density at radius 3 is 2.59 bits per heavy atom. The fourth-order valence-corrected chi connectivity index (χ4v) is 2.05. The summed E-state index contributed by atoms with van der Waals surface area (Å²) in [4.78, 5) is 10.7. The zero-order valence-corrected chi connectivity index (χ0v) is 11.5. The minimum atomic E-state index is -0.822. The average molecular weight is 260 g/mol. The molecule has 0 spiro atoms. The zero-order valence-electron chi connectivity index (χ0n) is 10.5. The Balaban J connectivity index is 4.32. The van der Waals surface area contributed by atoms with Crippen molar-refractivity contribution in [3.8, 4) is 6.07 Å². The van der Waals surface area contributed by atoms with Crippen molar-refractivity contribution in [2.75, 3.05) is 0 Å². The van der Waals surface area contributed by atoms with Gasteiger partial charge in [-0.3, -0.25) is 4.79 Å². The number of nitriles is 1. The maximum Gasteiger partial charge on any atom is 0.494 e. The van der Waals surface area contributed by atoms with Gasteiger partial charge in [-0.25, -0.2) is 0 Å². The van der Waals surface area contributed by atoms with Crippen LogP contribution in [0.25, 0.3) is 0 Å². The molecule has 0 N–H and O–H groups in total. The lowest BCUT2D eigenvalue weighted by atomic mass is 9.93. The predicted octanol–water partition coefficient (Wildman–Crippen LogP) is 2.74. The first-order valence-corrected chi connectivity index (χ1v) is 6.41. The minimum absolute atomic E-state index is 0.386. The molecule has 0 fully saturated rings. The number of ether oxygens (including phenoxy) is 1. The Bertz CT molecular complexity index is 302. The molecule has 5 nitrogen and oxygen atoms in total. The Morgan fingerprint density at radius 1 is 1.53 bits per heavy atom. The summed E-state index contributed by atoms with van der Waals surface area (Å²) in [7, 11) is -0.822. The summed E-state index contributed by atoms with van der Waals surface area (Å²) in [6, 6.07) is 1.92. The molecule has 96 valence electrons. The van der Waals surface area contributed by atoms with E-state index < -0.39 is 26.4 Å². The Hall–Kier alpha value is -0.980. The molecule has 3 atom stereocenters. The maximum atomic E-state index is 10.7. The van der Waals surface area contributed by atoms with E-state index in [1.807, 2.05) is 19.9 Å². The smallest absolute Gasteiger partial charge is 0.447 e. The normalized spacial score (nSPS) is 15.9. The number of rotatable bonds is 8. The lowest BCUT2D eigenvalue weighted by molar-refractivity contribution is -0.144. The van der Waals surface area contributed by atoms with Gasteiger partial charge in [-0.15, -0.1) is 4.52 Å². The molecule has 0 bridgehead atoms. The van der Waals surface area contributed by atoms with Crippen LogP contribution >= 0.6 is 8.69 Å². The van der Waals surface area contributed by atoms with Gasteiger partial charge in [0.15, 0.2) is 6.10 Å². The van der Waals surface area contributed by atoms with Crippen molar-refractivity contribution in [2.24, 2.45) is 0 Å². The van der Waals surface area contributed by atoms with Crippen LogP contribution in [-0.2, 0) is 18.6 Å². The molecule has 0 aliphatic carbocycles. The van der Waals surface area contributed by atoms with Crippen molar-refractivity contribution in [3.05, 3.63) is 0 Å². The SMILES string of the molecule is CCCC(C)(CCC(C#N)OC(C)=O)O[PH+]=O. The topological polar surface area (TPSA) is 76.4 Å². The van der Waals surface area contributed by atoms with Crippen LogP contribution in [0.3, 0.4) is 0 Å². The third-order valence-electron chi connectivity index (χ3n) is 2.45. The van der Waals surface area contributed by atoms with Gasteiger partial charge >= 0.3 is 14.7 Å². The highest BCUT2D eigenvalue weighted by molar-refractivity contribution is 7.17. The minimum Gasteiger partial charge on any atom is -0.447 e. The Labute approximate surface area is 103 Å². The van der Waals surface area contributed by atoms with E-state index in [-0.39, 0.29) is 0 Å². The molecule has 0 amide bonds. The number of carbonyl (C=O) groups excluding carboxylic acids is 1. The third-order valence-corrected chi connectivity index (χ3v) is 3.03. The van der Waals surface area contributed by atoms with E-state index in [0.717, 1.165) is 12.8 Å². The van der Waals surface area contributed by atoms with E-state index in [1.165, 1.54) is 6.92 Å². The number of esters is 1. The summed E-state index contributed by atoms with van der Waals surface area (Å²) in [5.41, 5.74) is -0.524. The summed E-state index contributed by atoms with van der Waals surface area (Å²) < 4.78 is 20.6. The van der Waals surface area contributed by atoms with Crippen molar-refractivity contribution < 1.29 is 18.6 Å². The van der Waals surface area contributed by atoms with E-state index >= 15 is 0 Å². The van der Waals surface area contributed by atoms with Crippen LogP contribution in [0.4, 0.5) is 0 Å². The molecule has 0 aromatic carbocycles. The first-order chi connectivity index (χ1) is 7.97. The monoisotopic (exact) mass is 260 g/mol. The molecule has 17 heavy (non-hydrogen) atoms. The largest absolute Gasteiger partial charge is 0.494 e. The average Bonchev–Trinajstić information content (AvgIpc) is 2.24. The molecule has 3 unspecified atom stereocenters. The molecule has 0 saturated heterocycles. The lowest BCUT2D eigenvalue weighted by Crippen LogP contribution is -2.27. The number of hydrogen-bond acceptors (Lipinski definition) is 5. The van der Waals surface area contributed by atoms with Gasteiger partial charge in [0, 0.05) is 13.3 Å². The standard InChI is InChI=1S/C11H19NO4P/c1-4-6-11(3,16-17-14)7-5-10(8-12)15-9(2)13/h10,17H,4-7H2,1-3H3/q+1. The third kappa shape index (κ3) is 7.04. The van der Waals surface area contributed by atoms with Crippen LogP contribution in [0.5, 0.6) is 0 Å². The van der Waals surface area contributed by atoms with E-state index in [0.29, 0.717) is 12.8 Å². The van der Waals surface area contributed by atoms with Gasteiger partial charge in [0.2, 0.25) is 0 Å². The summed E-state index contributed by atoms with van der Waals surface area (Å²) in [6.07, 6.45) is 1.80. The zero-order chi connectivity index (χ0) is 13.3. The summed E-state index contributed by atoms with van der Waals surface area (Å²) in [5.74, 6) is -0.472. The van der Waals surface area contributed by atoms with E-state index in [4.69, 9.17) is 14.5 Å². The van der Waals surface area contributed by atoms with Gasteiger partial charge in [-0.05, 0) is 24.3 Å². The first-order valence-electron chi connectivity index (χ1n) is 5.59. The molecule has 0 saturated carbocycles. The van der Waals surface area contributed by atoms with Gasteiger partial charge < -0.3 is 4.74 Å². The quantitative estimate of drug-likeness (QED) is 0.495. The predicted molar refractivity (Wildman–Crippen MR) is 63.8 cm³/mol. The fraction of sp³-hybridized carbons (Fsp3) is 0.818. The van der Waals surface area contributed by atoms with Crippen LogP contribution in [0.2, 0.25) is 0 Å². The molecule has 0 aromatic heterocycles. The molecule has 0 rings (SSSR count). The summed E-state index contributed by atoms with van der Waals surface area (Å²) >= 11 is 0. The second-order valence-corrected chi connectivity index (χ2v) is 4.52. The number of hydrogen-bond donors (Lipinski definition) is 0. The molecular weight excluding hydrogens is 241 g/mol. The molecule has 6 heteroatoms. The highest BCUT2D eigenvalue weighted by Crippen LogP contribution is 2.28. The molecule has 0 aromatic rings. The molecule has 0 aliphatic heterocycles. The number of nitrogens with zero attached hydrogens (tertiary/aromatic N) is 1. The van der Waals surface area contributed by atoms with E-state index in [9.17, 15) is 9.36 Å². The first kappa shape index (κ1) is 16.0. The van der Waals surface area contributed by atoms with Crippen LogP contribution in [0.15, 0.2) is 0 Å². The van der Waals surface area contributed by atoms with Crippen molar-refractivity contribution in [3.63, 3.8) is 0 Å². The van der Waals surface area contributed by atoms with Crippen LogP contribution in [0.1, 0.15) is 46.5 Å².